The molecule has 1 atom stereocenters. The molecule has 3 N–H and O–H groups in total. The summed E-state index contributed by atoms with van der Waals surface area (Å²) < 4.78 is 32.0. The molecule has 0 spiro atoms. The Morgan fingerprint density at radius 1 is 1.15 bits per heavy atom. The average molecular weight is 516 g/mol. The van der Waals surface area contributed by atoms with E-state index in [1.807, 2.05) is 20.8 Å². The molecule has 12 heteroatoms. The lowest BCUT2D eigenvalue weighted by atomic mass is 9.85. The summed E-state index contributed by atoms with van der Waals surface area (Å²) in [4.78, 5) is 24.7. The van der Waals surface area contributed by atoms with Gasteiger partial charge in [0.1, 0.15) is 17.1 Å². The molecule has 3 aromatic rings. The molecule has 0 radical (unpaired) electrons. The number of nitrogens with zero attached hydrogens (tertiary/aromatic N) is 1. The SMILES string of the molecule is CCN(CC)S(=O)(=O)c1scc(Nc2c(N[C@@H](c3ccc(Cl)o3)C(C)(C)C)c(=O)c2=O)c1O. The molecule has 0 fully saturated rings. The number of anilines is 3. The van der Waals surface area contributed by atoms with Gasteiger partial charge in [0, 0.05) is 18.5 Å². The van der Waals surface area contributed by atoms with Crippen LogP contribution in [0.4, 0.5) is 17.1 Å². The lowest BCUT2D eigenvalue weighted by Crippen LogP contribution is -2.39. The Hall–Kier alpha value is -2.34. The molecule has 0 aliphatic carbocycles. The Morgan fingerprint density at radius 3 is 2.27 bits per heavy atom. The number of furan rings is 1. The highest BCUT2D eigenvalue weighted by molar-refractivity contribution is 7.91. The highest BCUT2D eigenvalue weighted by atomic mass is 35.5. The van der Waals surface area contributed by atoms with Crippen molar-refractivity contribution >= 4 is 50.0 Å². The van der Waals surface area contributed by atoms with Gasteiger partial charge in [-0.25, -0.2) is 8.42 Å². The van der Waals surface area contributed by atoms with Gasteiger partial charge < -0.3 is 20.2 Å². The van der Waals surface area contributed by atoms with Crippen LogP contribution >= 0.6 is 22.9 Å². The molecule has 2 aromatic heterocycles. The summed E-state index contributed by atoms with van der Waals surface area (Å²) in [5, 5.41) is 17.9. The Bertz CT molecular complexity index is 1330. The maximum atomic E-state index is 12.8. The van der Waals surface area contributed by atoms with Gasteiger partial charge in [-0.15, -0.1) is 11.3 Å². The van der Waals surface area contributed by atoms with Gasteiger partial charge in [0.05, 0.1) is 11.7 Å². The smallest absolute Gasteiger partial charge is 0.256 e. The molecule has 0 aliphatic rings. The van der Waals surface area contributed by atoms with E-state index >= 15 is 0 Å². The van der Waals surface area contributed by atoms with Crippen molar-refractivity contribution in [1.29, 1.82) is 0 Å². The van der Waals surface area contributed by atoms with Gasteiger partial charge in [-0.2, -0.15) is 4.31 Å². The van der Waals surface area contributed by atoms with Crippen molar-refractivity contribution in [2.24, 2.45) is 5.41 Å². The summed E-state index contributed by atoms with van der Waals surface area (Å²) in [7, 11) is -3.89. The van der Waals surface area contributed by atoms with E-state index in [4.69, 9.17) is 16.0 Å². The second kappa shape index (κ2) is 9.13. The van der Waals surface area contributed by atoms with Gasteiger partial charge >= 0.3 is 0 Å². The van der Waals surface area contributed by atoms with Crippen LogP contribution in [0, 0.1) is 5.41 Å². The molecule has 0 saturated carbocycles. The van der Waals surface area contributed by atoms with Crippen LogP contribution in [-0.4, -0.2) is 30.9 Å². The number of hydrogen-bond donors (Lipinski definition) is 3. The molecule has 0 aliphatic heterocycles. The van der Waals surface area contributed by atoms with E-state index in [1.165, 1.54) is 9.69 Å². The molecule has 180 valence electrons. The Morgan fingerprint density at radius 2 is 1.76 bits per heavy atom. The molecule has 9 nitrogen and oxygen atoms in total. The first-order valence-electron chi connectivity index (χ1n) is 10.3. The largest absolute Gasteiger partial charge is 0.504 e. The minimum absolute atomic E-state index is 0.0196. The van der Waals surface area contributed by atoms with Crippen LogP contribution in [-0.2, 0) is 10.0 Å². The summed E-state index contributed by atoms with van der Waals surface area (Å²) >= 11 is 6.74. The van der Waals surface area contributed by atoms with Crippen molar-refractivity contribution in [3.05, 3.63) is 48.9 Å². The number of halogens is 1. The fraction of sp³-hybridized carbons (Fsp3) is 0.429. The fourth-order valence-corrected chi connectivity index (χ4v) is 6.40. The standard InChI is InChI=1S/C21H26ClN3O6S2/c1-6-25(7-2)33(29,30)20-16(26)11(10-32-20)23-14-15(18(28)17(14)27)24-19(21(3,4)5)12-8-9-13(22)31-12/h8-10,19,23-24,26H,6-7H2,1-5H3/t19-/m0/s1. The van der Waals surface area contributed by atoms with Gasteiger partial charge in [0.25, 0.3) is 20.9 Å². The number of sulfonamides is 1. The van der Waals surface area contributed by atoms with Crippen LogP contribution in [0.5, 0.6) is 5.75 Å². The zero-order valence-corrected chi connectivity index (χ0v) is 21.2. The second-order valence-corrected chi connectivity index (χ2v) is 11.9. The van der Waals surface area contributed by atoms with Gasteiger partial charge in [0.15, 0.2) is 15.2 Å². The summed E-state index contributed by atoms with van der Waals surface area (Å²) in [6.07, 6.45) is 0. The minimum atomic E-state index is -3.89. The molecule has 33 heavy (non-hydrogen) atoms. The topological polar surface area (TPSA) is 129 Å². The van der Waals surface area contributed by atoms with Crippen LogP contribution in [0.2, 0.25) is 5.22 Å². The lowest BCUT2D eigenvalue weighted by molar-refractivity contribution is 0.304. The van der Waals surface area contributed by atoms with Crippen molar-refractivity contribution in [3.8, 4) is 5.75 Å². The zero-order chi connectivity index (χ0) is 24.7. The van der Waals surface area contributed by atoms with Crippen molar-refractivity contribution in [3.63, 3.8) is 0 Å². The zero-order valence-electron chi connectivity index (χ0n) is 18.9. The van der Waals surface area contributed by atoms with Gasteiger partial charge in [-0.1, -0.05) is 34.6 Å². The normalized spacial score (nSPS) is 13.5. The Kier molecular flexibility index (Phi) is 6.99. The van der Waals surface area contributed by atoms with E-state index in [9.17, 15) is 23.1 Å². The van der Waals surface area contributed by atoms with Crippen molar-refractivity contribution < 1.29 is 17.9 Å². The second-order valence-electron chi connectivity index (χ2n) is 8.49. The van der Waals surface area contributed by atoms with E-state index in [0.29, 0.717) is 5.76 Å². The number of rotatable bonds is 9. The Balaban J connectivity index is 1.94. The van der Waals surface area contributed by atoms with E-state index in [0.717, 1.165) is 11.3 Å². The lowest BCUT2D eigenvalue weighted by Gasteiger charge is -2.31. The molecular formula is C21H26ClN3O6S2. The highest BCUT2D eigenvalue weighted by Crippen LogP contribution is 2.42. The first-order valence-corrected chi connectivity index (χ1v) is 12.9. The third-order valence-corrected chi connectivity index (χ3v) is 8.96. The molecule has 1 aromatic carbocycles. The quantitative estimate of drug-likeness (QED) is 0.360. The fourth-order valence-electron chi connectivity index (χ4n) is 3.41. The molecular weight excluding hydrogens is 490 g/mol. The third-order valence-electron chi connectivity index (χ3n) is 5.22. The predicted octanol–water partition coefficient (Wildman–Crippen LogP) is 4.27. The molecule has 0 bridgehead atoms. The van der Waals surface area contributed by atoms with Crippen LogP contribution < -0.4 is 21.5 Å². The van der Waals surface area contributed by atoms with Gasteiger partial charge in [0.2, 0.25) is 0 Å². The highest BCUT2D eigenvalue weighted by Gasteiger charge is 2.34. The first kappa shape index (κ1) is 25.3. The summed E-state index contributed by atoms with van der Waals surface area (Å²) in [6, 6.07) is 2.77. The van der Waals surface area contributed by atoms with E-state index in [1.54, 1.807) is 26.0 Å². The third kappa shape index (κ3) is 4.68. The van der Waals surface area contributed by atoms with Crippen molar-refractivity contribution in [1.82, 2.24) is 4.31 Å². The average Bonchev–Trinajstić information content (AvgIpc) is 3.32. The molecule has 3 rings (SSSR count). The van der Waals surface area contributed by atoms with Gasteiger partial charge in [-0.05, 0) is 29.1 Å². The maximum absolute atomic E-state index is 12.8. The number of hydrogen-bond acceptors (Lipinski definition) is 9. The van der Waals surface area contributed by atoms with Crippen molar-refractivity contribution in [2.75, 3.05) is 23.7 Å². The molecule has 0 unspecified atom stereocenters. The predicted molar refractivity (Wildman–Crippen MR) is 130 cm³/mol. The molecule has 0 saturated heterocycles. The number of aromatic hydroxyl groups is 1. The minimum Gasteiger partial charge on any atom is -0.504 e. The molecule has 0 amide bonds. The van der Waals surface area contributed by atoms with E-state index < -0.39 is 38.1 Å². The van der Waals surface area contributed by atoms with Crippen LogP contribution in [0.25, 0.3) is 0 Å². The number of nitrogens with one attached hydrogen (secondary N) is 2. The molecule has 2 heterocycles. The maximum Gasteiger partial charge on any atom is 0.256 e. The van der Waals surface area contributed by atoms with E-state index in [2.05, 4.69) is 10.6 Å². The van der Waals surface area contributed by atoms with E-state index in [-0.39, 0.29) is 39.6 Å². The number of thiophene rings is 1. The van der Waals surface area contributed by atoms with Crippen LogP contribution in [0.1, 0.15) is 46.4 Å². The first-order chi connectivity index (χ1) is 15.3. The summed E-state index contributed by atoms with van der Waals surface area (Å²) in [5.41, 5.74) is -1.95. The summed E-state index contributed by atoms with van der Waals surface area (Å²) in [5.74, 6) is -0.0198. The summed E-state index contributed by atoms with van der Waals surface area (Å²) in [6.45, 7) is 9.67. The van der Waals surface area contributed by atoms with Crippen LogP contribution in [0.15, 0.2) is 35.7 Å². The van der Waals surface area contributed by atoms with Gasteiger partial charge in [-0.3, -0.25) is 9.59 Å². The van der Waals surface area contributed by atoms with Crippen molar-refractivity contribution in [2.45, 2.75) is 44.9 Å². The van der Waals surface area contributed by atoms with Crippen LogP contribution in [0.3, 0.4) is 0 Å². The Labute approximate surface area is 200 Å². The monoisotopic (exact) mass is 515 g/mol.